The van der Waals surface area contributed by atoms with Crippen molar-refractivity contribution in [3.8, 4) is 0 Å². The van der Waals surface area contributed by atoms with Gasteiger partial charge in [-0.15, -0.1) is 0 Å². The summed E-state index contributed by atoms with van der Waals surface area (Å²) in [5.41, 5.74) is 5.11. The van der Waals surface area contributed by atoms with E-state index in [-0.39, 0.29) is 5.92 Å². The predicted molar refractivity (Wildman–Crippen MR) is 110 cm³/mol. The van der Waals surface area contributed by atoms with E-state index in [0.29, 0.717) is 5.76 Å². The maximum absolute atomic E-state index is 9.97. The summed E-state index contributed by atoms with van der Waals surface area (Å²) in [6.07, 6.45) is 7.89. The summed E-state index contributed by atoms with van der Waals surface area (Å²) in [6.45, 7) is 15.6. The number of benzene rings is 1. The summed E-state index contributed by atoms with van der Waals surface area (Å²) >= 11 is 0. The quantitative estimate of drug-likeness (QED) is 0.331. The van der Waals surface area contributed by atoms with Gasteiger partial charge < -0.3 is 5.11 Å². The molecule has 1 unspecified atom stereocenters. The SMILES string of the molecule is C1CC1.C=C(C)CC(=C)N=Cc1ccc(CC(C)C(O)=C(C)C)cc1. The Labute approximate surface area is 153 Å². The van der Waals surface area contributed by atoms with Crippen LogP contribution in [0.3, 0.4) is 0 Å². The van der Waals surface area contributed by atoms with Crippen LogP contribution in [0.4, 0.5) is 0 Å². The summed E-state index contributed by atoms with van der Waals surface area (Å²) in [7, 11) is 0. The fourth-order valence-electron chi connectivity index (χ4n) is 2.24. The third-order valence-corrected chi connectivity index (χ3v) is 3.76. The largest absolute Gasteiger partial charge is 0.512 e. The molecule has 0 spiro atoms. The highest BCUT2D eigenvalue weighted by atomic mass is 16.3. The summed E-state index contributed by atoms with van der Waals surface area (Å²) in [6, 6.07) is 8.24. The van der Waals surface area contributed by atoms with E-state index in [1.54, 1.807) is 0 Å². The lowest BCUT2D eigenvalue weighted by molar-refractivity contribution is 0.333. The molecule has 1 N–H and O–H groups in total. The maximum atomic E-state index is 9.97. The molecule has 2 rings (SSSR count). The van der Waals surface area contributed by atoms with E-state index < -0.39 is 0 Å². The lowest BCUT2D eigenvalue weighted by Crippen LogP contribution is -2.04. The summed E-state index contributed by atoms with van der Waals surface area (Å²) in [4.78, 5) is 4.35. The number of allylic oxidation sites excluding steroid dienone is 3. The molecule has 1 saturated carbocycles. The monoisotopic (exact) mass is 339 g/mol. The average Bonchev–Trinajstić information content (AvgIpc) is 3.41. The molecule has 25 heavy (non-hydrogen) atoms. The number of hydrogen-bond acceptors (Lipinski definition) is 2. The molecule has 0 bridgehead atoms. The highest BCUT2D eigenvalue weighted by molar-refractivity contribution is 5.80. The maximum Gasteiger partial charge on any atom is 0.0940 e. The minimum atomic E-state index is 0.139. The molecular weight excluding hydrogens is 306 g/mol. The Morgan fingerprint density at radius 3 is 2.12 bits per heavy atom. The fraction of sp³-hybridized carbons (Fsp3) is 0.435. The van der Waals surface area contributed by atoms with Crippen LogP contribution in [-0.4, -0.2) is 11.3 Å². The van der Waals surface area contributed by atoms with Crippen molar-refractivity contribution in [2.75, 3.05) is 0 Å². The molecule has 1 fully saturated rings. The minimum Gasteiger partial charge on any atom is -0.512 e. The van der Waals surface area contributed by atoms with E-state index in [2.05, 4.69) is 30.3 Å². The van der Waals surface area contributed by atoms with Crippen molar-refractivity contribution < 1.29 is 5.11 Å². The van der Waals surface area contributed by atoms with Crippen molar-refractivity contribution in [1.82, 2.24) is 0 Å². The number of rotatable bonds is 7. The number of aliphatic imine (C=N–C) groups is 1. The molecule has 1 aromatic carbocycles. The van der Waals surface area contributed by atoms with Crippen LogP contribution < -0.4 is 0 Å². The van der Waals surface area contributed by atoms with E-state index >= 15 is 0 Å². The second-order valence-electron chi connectivity index (χ2n) is 7.25. The molecule has 136 valence electrons. The van der Waals surface area contributed by atoms with Gasteiger partial charge in [-0.1, -0.05) is 69.2 Å². The Hall–Kier alpha value is -2.09. The Bertz CT molecular complexity index is 626. The molecule has 0 amide bonds. The molecule has 1 aromatic rings. The average molecular weight is 340 g/mol. The first-order valence-electron chi connectivity index (χ1n) is 9.11. The Morgan fingerprint density at radius 1 is 1.12 bits per heavy atom. The molecule has 0 saturated heterocycles. The highest BCUT2D eigenvalue weighted by Gasteiger charge is 2.09. The molecular formula is C23H33NO. The number of aliphatic hydroxyl groups is 1. The zero-order valence-corrected chi connectivity index (χ0v) is 16.3. The zero-order chi connectivity index (χ0) is 18.8. The molecule has 1 atom stereocenters. The Morgan fingerprint density at radius 2 is 1.68 bits per heavy atom. The molecule has 0 radical (unpaired) electrons. The van der Waals surface area contributed by atoms with Crippen LogP contribution in [0.1, 0.15) is 64.5 Å². The van der Waals surface area contributed by atoms with Crippen LogP contribution in [0.25, 0.3) is 0 Å². The van der Waals surface area contributed by atoms with Crippen molar-refractivity contribution in [3.05, 3.63) is 71.2 Å². The lowest BCUT2D eigenvalue weighted by atomic mass is 9.96. The van der Waals surface area contributed by atoms with Gasteiger partial charge in [0.15, 0.2) is 0 Å². The minimum absolute atomic E-state index is 0.139. The molecule has 0 aliphatic heterocycles. The van der Waals surface area contributed by atoms with Gasteiger partial charge in [-0.05, 0) is 43.9 Å². The second-order valence-corrected chi connectivity index (χ2v) is 7.25. The van der Waals surface area contributed by atoms with Gasteiger partial charge in [0.05, 0.1) is 5.76 Å². The summed E-state index contributed by atoms with van der Waals surface area (Å²) in [5, 5.41) is 9.97. The fourth-order valence-corrected chi connectivity index (χ4v) is 2.24. The van der Waals surface area contributed by atoms with E-state index in [4.69, 9.17) is 0 Å². The van der Waals surface area contributed by atoms with Gasteiger partial charge in [0.25, 0.3) is 0 Å². The van der Waals surface area contributed by atoms with E-state index in [1.165, 1.54) is 24.8 Å². The van der Waals surface area contributed by atoms with E-state index in [9.17, 15) is 5.11 Å². The first-order chi connectivity index (χ1) is 11.8. The van der Waals surface area contributed by atoms with Crippen molar-refractivity contribution in [2.24, 2.45) is 10.9 Å². The van der Waals surface area contributed by atoms with Crippen LogP contribution in [0.5, 0.6) is 0 Å². The van der Waals surface area contributed by atoms with Crippen molar-refractivity contribution >= 4 is 6.21 Å². The number of aliphatic hydroxyl groups excluding tert-OH is 1. The molecule has 0 aromatic heterocycles. The molecule has 1 aliphatic rings. The van der Waals surface area contributed by atoms with Gasteiger partial charge in [-0.2, -0.15) is 0 Å². The van der Waals surface area contributed by atoms with Crippen molar-refractivity contribution in [1.29, 1.82) is 0 Å². The van der Waals surface area contributed by atoms with Crippen molar-refractivity contribution in [3.63, 3.8) is 0 Å². The standard InChI is InChI=1S/C20H27NO.C3H6/c1-14(2)11-17(6)21-13-19-9-7-18(8-10-19)12-16(5)20(22)15(3)4;1-2-3-1/h7-10,13,16,22H,1,6,11-12H2,2-5H3;1-3H2. The van der Waals surface area contributed by atoms with Crippen LogP contribution in [0.2, 0.25) is 0 Å². The highest BCUT2D eigenvalue weighted by Crippen LogP contribution is 2.18. The second kappa shape index (κ2) is 10.7. The Kier molecular flexibility index (Phi) is 8.98. The van der Waals surface area contributed by atoms with E-state index in [1.807, 2.05) is 46.0 Å². The molecule has 1 aliphatic carbocycles. The topological polar surface area (TPSA) is 32.6 Å². The first kappa shape index (κ1) is 21.0. The molecule has 2 heteroatoms. The van der Waals surface area contributed by atoms with Gasteiger partial charge >= 0.3 is 0 Å². The molecule has 0 heterocycles. The summed E-state index contributed by atoms with van der Waals surface area (Å²) in [5.74, 6) is 0.626. The van der Waals surface area contributed by atoms with Crippen LogP contribution >= 0.6 is 0 Å². The lowest BCUT2D eigenvalue weighted by Gasteiger charge is -2.12. The zero-order valence-electron chi connectivity index (χ0n) is 16.3. The van der Waals surface area contributed by atoms with Crippen LogP contribution in [-0.2, 0) is 6.42 Å². The normalized spacial score (nSPS) is 13.6. The van der Waals surface area contributed by atoms with Gasteiger partial charge in [0, 0.05) is 24.3 Å². The van der Waals surface area contributed by atoms with Crippen molar-refractivity contribution in [2.45, 2.75) is 59.8 Å². The molecule has 2 nitrogen and oxygen atoms in total. The summed E-state index contributed by atoms with van der Waals surface area (Å²) < 4.78 is 0. The number of nitrogens with zero attached hydrogens (tertiary/aromatic N) is 1. The van der Waals surface area contributed by atoms with Gasteiger partial charge in [0.2, 0.25) is 0 Å². The third-order valence-electron chi connectivity index (χ3n) is 3.76. The van der Waals surface area contributed by atoms with E-state index in [0.717, 1.165) is 35.2 Å². The van der Waals surface area contributed by atoms with Gasteiger partial charge in [-0.3, -0.25) is 4.99 Å². The first-order valence-corrected chi connectivity index (χ1v) is 9.11. The predicted octanol–water partition coefficient (Wildman–Crippen LogP) is 6.79. The van der Waals surface area contributed by atoms with Crippen LogP contribution in [0, 0.1) is 5.92 Å². The third kappa shape index (κ3) is 9.71. The van der Waals surface area contributed by atoms with Gasteiger partial charge in [0.1, 0.15) is 0 Å². The van der Waals surface area contributed by atoms with Crippen LogP contribution in [0.15, 0.2) is 65.0 Å². The smallest absolute Gasteiger partial charge is 0.0940 e. The Balaban J connectivity index is 0.000000934. The number of hydrogen-bond donors (Lipinski definition) is 1. The van der Waals surface area contributed by atoms with Gasteiger partial charge in [-0.25, -0.2) is 0 Å².